The molecule has 0 spiro atoms. The van der Waals surface area contributed by atoms with E-state index in [1.165, 1.54) is 0 Å². The summed E-state index contributed by atoms with van der Waals surface area (Å²) in [5.74, 6) is -1.93. The van der Waals surface area contributed by atoms with Crippen LogP contribution in [0.3, 0.4) is 0 Å². The van der Waals surface area contributed by atoms with E-state index in [0.717, 1.165) is 6.92 Å². The molecule has 0 atom stereocenters. The van der Waals surface area contributed by atoms with Crippen molar-refractivity contribution < 1.29 is 23.9 Å². The van der Waals surface area contributed by atoms with E-state index in [1.54, 1.807) is 14.2 Å². The molecule has 0 aromatic carbocycles. The predicted molar refractivity (Wildman–Crippen MR) is 35.8 cm³/mol. The molecule has 0 aliphatic carbocycles. The molecule has 0 aliphatic heterocycles. The Morgan fingerprint density at radius 1 is 1.27 bits per heavy atom. The molecule has 5 nitrogen and oxygen atoms in total. The maximum atomic E-state index is 9.81. The summed E-state index contributed by atoms with van der Waals surface area (Å²) >= 11 is 0. The summed E-state index contributed by atoms with van der Waals surface area (Å²) in [6.45, 7) is 1.04. The maximum Gasteiger partial charge on any atom is 0.378 e. The minimum absolute atomic E-state index is 0.0681. The van der Waals surface area contributed by atoms with Crippen LogP contribution in [0.1, 0.15) is 6.92 Å². The van der Waals surface area contributed by atoms with Gasteiger partial charge >= 0.3 is 11.9 Å². The molecule has 0 amide bonds. The number of carbonyl (C=O) groups excluding carboxylic acids is 3. The number of hydrogen-bond donors (Lipinski definition) is 0. The summed E-state index contributed by atoms with van der Waals surface area (Å²) in [6, 6.07) is 0. The number of hydrogen-bond acceptors (Lipinski definition) is 5. The lowest BCUT2D eigenvalue weighted by molar-refractivity contribution is -0.159. The van der Waals surface area contributed by atoms with Crippen molar-refractivity contribution in [2.75, 3.05) is 14.2 Å². The van der Waals surface area contributed by atoms with Gasteiger partial charge in [-0.15, -0.1) is 0 Å². The van der Waals surface area contributed by atoms with Gasteiger partial charge in [0.05, 0.1) is 0 Å². The van der Waals surface area contributed by atoms with Crippen molar-refractivity contribution in [3.63, 3.8) is 0 Å². The van der Waals surface area contributed by atoms with Crippen molar-refractivity contribution in [1.29, 1.82) is 0 Å². The zero-order chi connectivity index (χ0) is 9.28. The van der Waals surface area contributed by atoms with Crippen LogP contribution >= 0.6 is 0 Å². The van der Waals surface area contributed by atoms with E-state index >= 15 is 0 Å². The molecule has 0 saturated carbocycles. The summed E-state index contributed by atoms with van der Waals surface area (Å²) in [5, 5.41) is 0. The quantitative estimate of drug-likeness (QED) is 0.226. The van der Waals surface area contributed by atoms with Crippen LogP contribution in [-0.2, 0) is 23.9 Å². The molecule has 0 saturated heterocycles. The van der Waals surface area contributed by atoms with Crippen LogP contribution in [-0.4, -0.2) is 32.4 Å². The Kier molecular flexibility index (Phi) is 9.92. The van der Waals surface area contributed by atoms with Crippen molar-refractivity contribution >= 4 is 18.2 Å². The van der Waals surface area contributed by atoms with E-state index in [2.05, 4.69) is 9.47 Å². The second-order valence-electron chi connectivity index (χ2n) is 1.44. The number of methoxy groups -OCH3 is 1. The van der Waals surface area contributed by atoms with Crippen LogP contribution in [0.25, 0.3) is 0 Å². The van der Waals surface area contributed by atoms with Crippen LogP contribution in [0.5, 0.6) is 0 Å². The molecule has 0 aromatic heterocycles. The number of rotatable bonds is 1. The van der Waals surface area contributed by atoms with Gasteiger partial charge in [-0.2, -0.15) is 0 Å². The first-order chi connectivity index (χ1) is 5.08. The van der Waals surface area contributed by atoms with Crippen molar-refractivity contribution in [2.24, 2.45) is 0 Å². The molecule has 0 unspecified atom stereocenters. The molecule has 64 valence electrons. The number of aldehydes is 1. The summed E-state index contributed by atoms with van der Waals surface area (Å²) in [5.41, 5.74) is 0. The Morgan fingerprint density at radius 2 is 1.64 bits per heavy atom. The minimum atomic E-state index is -1.16. The molecule has 0 N–H and O–H groups in total. The Hall–Kier alpha value is -1.23. The third-order valence-corrected chi connectivity index (χ3v) is 0.341. The Balaban J connectivity index is 0. The summed E-state index contributed by atoms with van der Waals surface area (Å²) in [7, 11) is 3.25. The first kappa shape index (κ1) is 12.4. The van der Waals surface area contributed by atoms with Gasteiger partial charge in [0.15, 0.2) is 0 Å². The fourth-order valence-corrected chi connectivity index (χ4v) is 0.166. The second kappa shape index (κ2) is 8.77. The van der Waals surface area contributed by atoms with Gasteiger partial charge in [-0.05, 0) is 0 Å². The predicted octanol–water partition coefficient (Wildman–Crippen LogP) is -0.462. The van der Waals surface area contributed by atoms with Gasteiger partial charge < -0.3 is 9.47 Å². The van der Waals surface area contributed by atoms with Crippen molar-refractivity contribution in [3.8, 4) is 0 Å². The Labute approximate surface area is 64.3 Å². The molecule has 0 heterocycles. The van der Waals surface area contributed by atoms with E-state index in [1.807, 2.05) is 0 Å². The highest BCUT2D eigenvalue weighted by molar-refractivity contribution is 6.22. The Morgan fingerprint density at radius 3 is 1.73 bits per heavy atom. The highest BCUT2D eigenvalue weighted by atomic mass is 16.6. The third-order valence-electron chi connectivity index (χ3n) is 0.341. The van der Waals surface area contributed by atoms with E-state index in [9.17, 15) is 14.4 Å². The van der Waals surface area contributed by atoms with Crippen molar-refractivity contribution in [1.82, 2.24) is 0 Å². The largest absolute Gasteiger partial charge is 0.388 e. The molecule has 0 radical (unpaired) electrons. The molecule has 0 aromatic rings. The fraction of sp³-hybridized carbons (Fsp3) is 0.500. The first-order valence-electron chi connectivity index (χ1n) is 2.66. The summed E-state index contributed by atoms with van der Waals surface area (Å²) in [4.78, 5) is 29.0. The Bertz CT molecular complexity index is 140. The van der Waals surface area contributed by atoms with Crippen LogP contribution in [0.4, 0.5) is 0 Å². The van der Waals surface area contributed by atoms with Crippen LogP contribution < -0.4 is 0 Å². The summed E-state index contributed by atoms with van der Waals surface area (Å²) < 4.78 is 8.00. The highest BCUT2D eigenvalue weighted by Crippen LogP contribution is 1.72. The smallest absolute Gasteiger partial charge is 0.378 e. The summed E-state index contributed by atoms with van der Waals surface area (Å²) in [6.07, 6.45) is -0.0681. The SMILES string of the molecule is CC(=O)OC(=O)C=O.COC. The van der Waals surface area contributed by atoms with Crippen molar-refractivity contribution in [3.05, 3.63) is 0 Å². The minimum Gasteiger partial charge on any atom is -0.388 e. The van der Waals surface area contributed by atoms with E-state index in [4.69, 9.17) is 0 Å². The fourth-order valence-electron chi connectivity index (χ4n) is 0.166. The average molecular weight is 162 g/mol. The molecule has 0 aliphatic rings. The molecule has 11 heavy (non-hydrogen) atoms. The van der Waals surface area contributed by atoms with Gasteiger partial charge in [-0.1, -0.05) is 0 Å². The lowest BCUT2D eigenvalue weighted by atomic mass is 10.7. The van der Waals surface area contributed by atoms with Crippen molar-refractivity contribution in [2.45, 2.75) is 6.92 Å². The standard InChI is InChI=1S/C4H4O4.C2H6O/c1-3(6)8-4(7)2-5;1-3-2/h2H,1H3;1-2H3. The number of carbonyl (C=O) groups is 3. The highest BCUT2D eigenvalue weighted by Gasteiger charge is 2.00. The lowest BCUT2D eigenvalue weighted by Crippen LogP contribution is -2.08. The molecular weight excluding hydrogens is 152 g/mol. The number of ether oxygens (including phenoxy) is 2. The number of esters is 2. The second-order valence-corrected chi connectivity index (χ2v) is 1.44. The molecule has 0 bridgehead atoms. The van der Waals surface area contributed by atoms with Gasteiger partial charge in [0, 0.05) is 21.1 Å². The van der Waals surface area contributed by atoms with Crippen LogP contribution in [0.2, 0.25) is 0 Å². The molecule has 5 heteroatoms. The monoisotopic (exact) mass is 162 g/mol. The average Bonchev–Trinajstić information content (AvgIpc) is 1.88. The first-order valence-corrected chi connectivity index (χ1v) is 2.66. The molecule has 0 rings (SSSR count). The lowest BCUT2D eigenvalue weighted by Gasteiger charge is -1.86. The van der Waals surface area contributed by atoms with Gasteiger partial charge in [-0.3, -0.25) is 9.59 Å². The molecule has 0 fully saturated rings. The zero-order valence-electron chi connectivity index (χ0n) is 6.62. The van der Waals surface area contributed by atoms with E-state index in [0.29, 0.717) is 0 Å². The zero-order valence-corrected chi connectivity index (χ0v) is 6.62. The van der Waals surface area contributed by atoms with Crippen LogP contribution in [0, 0.1) is 0 Å². The van der Waals surface area contributed by atoms with Gasteiger partial charge in [0.25, 0.3) is 0 Å². The topological polar surface area (TPSA) is 69.7 Å². The third kappa shape index (κ3) is 17.7. The van der Waals surface area contributed by atoms with Gasteiger partial charge in [0.2, 0.25) is 6.29 Å². The van der Waals surface area contributed by atoms with Gasteiger partial charge in [0.1, 0.15) is 0 Å². The van der Waals surface area contributed by atoms with Gasteiger partial charge in [-0.25, -0.2) is 4.79 Å². The molecular formula is C6H10O5. The van der Waals surface area contributed by atoms with Crippen LogP contribution in [0.15, 0.2) is 0 Å². The van der Waals surface area contributed by atoms with E-state index in [-0.39, 0.29) is 6.29 Å². The maximum absolute atomic E-state index is 9.81. The normalized spacial score (nSPS) is 7.18. The van der Waals surface area contributed by atoms with E-state index < -0.39 is 11.9 Å².